The van der Waals surface area contributed by atoms with Crippen molar-refractivity contribution in [3.63, 3.8) is 0 Å². The minimum atomic E-state index is -0.137. The molecule has 6 nitrogen and oxygen atoms in total. The molecule has 2 aromatic rings. The molecule has 0 spiro atoms. The Labute approximate surface area is 143 Å². The zero-order valence-corrected chi connectivity index (χ0v) is 15.1. The summed E-state index contributed by atoms with van der Waals surface area (Å²) in [5.74, 6) is -0.249. The summed E-state index contributed by atoms with van der Waals surface area (Å²) >= 11 is 2.75. The summed E-state index contributed by atoms with van der Waals surface area (Å²) in [7, 11) is 0. The summed E-state index contributed by atoms with van der Waals surface area (Å²) in [6.45, 7) is 5.31. The standard InChI is InChI=1S/C15H18N4O2S2/c1-8-11(9(2)17-14(16-8)22-4)5-6-13(21)19-15-18-12(7-23-15)10(3)20/h7H,5-6H2,1-4H3,(H,18,19,21). The van der Waals surface area contributed by atoms with Gasteiger partial charge in [-0.3, -0.25) is 9.59 Å². The van der Waals surface area contributed by atoms with E-state index in [1.165, 1.54) is 30.0 Å². The Bertz CT molecular complexity index is 720. The van der Waals surface area contributed by atoms with Crippen molar-refractivity contribution in [2.75, 3.05) is 11.6 Å². The number of thiazole rings is 1. The Morgan fingerprint density at radius 1 is 1.22 bits per heavy atom. The van der Waals surface area contributed by atoms with Gasteiger partial charge in [-0.25, -0.2) is 15.0 Å². The van der Waals surface area contributed by atoms with Gasteiger partial charge in [0.1, 0.15) is 5.69 Å². The van der Waals surface area contributed by atoms with Crippen molar-refractivity contribution in [1.29, 1.82) is 0 Å². The van der Waals surface area contributed by atoms with Crippen LogP contribution in [0.5, 0.6) is 0 Å². The number of carbonyl (C=O) groups is 2. The third-order valence-electron chi connectivity index (χ3n) is 3.30. The second kappa shape index (κ2) is 7.65. The van der Waals surface area contributed by atoms with Crippen molar-refractivity contribution in [3.8, 4) is 0 Å². The molecule has 2 rings (SSSR count). The minimum Gasteiger partial charge on any atom is -0.302 e. The molecule has 0 bridgehead atoms. The zero-order valence-electron chi connectivity index (χ0n) is 13.5. The summed E-state index contributed by atoms with van der Waals surface area (Å²) in [5, 5.41) is 5.55. The maximum absolute atomic E-state index is 12.0. The number of hydrogen-bond donors (Lipinski definition) is 1. The van der Waals surface area contributed by atoms with E-state index in [9.17, 15) is 9.59 Å². The molecule has 23 heavy (non-hydrogen) atoms. The van der Waals surface area contributed by atoms with Gasteiger partial charge in [0, 0.05) is 30.1 Å². The molecule has 1 amide bonds. The largest absolute Gasteiger partial charge is 0.302 e. The molecular weight excluding hydrogens is 332 g/mol. The second-order valence-electron chi connectivity index (χ2n) is 5.00. The van der Waals surface area contributed by atoms with E-state index in [-0.39, 0.29) is 11.7 Å². The van der Waals surface area contributed by atoms with Crippen LogP contribution in [-0.4, -0.2) is 32.9 Å². The predicted molar refractivity (Wildman–Crippen MR) is 92.4 cm³/mol. The van der Waals surface area contributed by atoms with Crippen LogP contribution in [0.3, 0.4) is 0 Å². The molecule has 1 N–H and O–H groups in total. The maximum Gasteiger partial charge on any atom is 0.226 e. The lowest BCUT2D eigenvalue weighted by molar-refractivity contribution is -0.116. The molecule has 0 radical (unpaired) electrons. The highest BCUT2D eigenvalue weighted by molar-refractivity contribution is 7.98. The van der Waals surface area contributed by atoms with Crippen LogP contribution < -0.4 is 5.32 Å². The van der Waals surface area contributed by atoms with Gasteiger partial charge < -0.3 is 5.32 Å². The first-order valence-electron chi connectivity index (χ1n) is 7.05. The number of nitrogens with one attached hydrogen (secondary N) is 1. The number of hydrogen-bond acceptors (Lipinski definition) is 7. The number of Topliss-reactive ketones (excluding diaryl/α,β-unsaturated/α-hetero) is 1. The summed E-state index contributed by atoms with van der Waals surface area (Å²) in [6, 6.07) is 0. The van der Waals surface area contributed by atoms with E-state index in [2.05, 4.69) is 20.3 Å². The van der Waals surface area contributed by atoms with E-state index in [0.29, 0.717) is 23.7 Å². The minimum absolute atomic E-state index is 0.112. The van der Waals surface area contributed by atoms with Crippen molar-refractivity contribution in [3.05, 3.63) is 28.0 Å². The first-order valence-corrected chi connectivity index (χ1v) is 9.15. The molecule has 2 aromatic heterocycles. The highest BCUT2D eigenvalue weighted by Crippen LogP contribution is 2.19. The van der Waals surface area contributed by atoms with Crippen LogP contribution in [0.15, 0.2) is 10.5 Å². The van der Waals surface area contributed by atoms with Gasteiger partial charge in [0.25, 0.3) is 0 Å². The molecule has 0 aliphatic rings. The molecule has 0 aromatic carbocycles. The SMILES string of the molecule is CSc1nc(C)c(CCC(=O)Nc2nc(C(C)=O)cs2)c(C)n1. The number of amides is 1. The first-order chi connectivity index (χ1) is 10.9. The third-order valence-corrected chi connectivity index (χ3v) is 4.60. The van der Waals surface area contributed by atoms with Crippen LogP contribution in [0, 0.1) is 13.8 Å². The summed E-state index contributed by atoms with van der Waals surface area (Å²) in [4.78, 5) is 36.1. The van der Waals surface area contributed by atoms with Crippen molar-refractivity contribution in [1.82, 2.24) is 15.0 Å². The fraction of sp³-hybridized carbons (Fsp3) is 0.400. The average molecular weight is 350 g/mol. The van der Waals surface area contributed by atoms with E-state index >= 15 is 0 Å². The fourth-order valence-electron chi connectivity index (χ4n) is 2.07. The highest BCUT2D eigenvalue weighted by atomic mass is 32.2. The summed E-state index contributed by atoms with van der Waals surface area (Å²) in [5.41, 5.74) is 3.19. The Hall–Kier alpha value is -1.80. The lowest BCUT2D eigenvalue weighted by Gasteiger charge is -2.09. The van der Waals surface area contributed by atoms with Crippen LogP contribution >= 0.6 is 23.1 Å². The zero-order chi connectivity index (χ0) is 17.0. The normalized spacial score (nSPS) is 10.6. The van der Waals surface area contributed by atoms with E-state index in [1.807, 2.05) is 20.1 Å². The quantitative estimate of drug-likeness (QED) is 0.490. The van der Waals surface area contributed by atoms with Crippen LogP contribution in [0.4, 0.5) is 5.13 Å². The van der Waals surface area contributed by atoms with Gasteiger partial charge in [0.15, 0.2) is 16.1 Å². The second-order valence-corrected chi connectivity index (χ2v) is 6.63. The number of anilines is 1. The predicted octanol–water partition coefficient (Wildman–Crippen LogP) is 3.05. The van der Waals surface area contributed by atoms with E-state index in [0.717, 1.165) is 22.1 Å². The number of ketones is 1. The lowest BCUT2D eigenvalue weighted by Crippen LogP contribution is -2.13. The van der Waals surface area contributed by atoms with Crippen molar-refractivity contribution in [2.24, 2.45) is 0 Å². The van der Waals surface area contributed by atoms with Crippen LogP contribution in [-0.2, 0) is 11.2 Å². The van der Waals surface area contributed by atoms with Gasteiger partial charge in [-0.05, 0) is 32.1 Å². The molecule has 0 saturated carbocycles. The van der Waals surface area contributed by atoms with Crippen LogP contribution in [0.1, 0.15) is 40.8 Å². The molecule has 0 atom stereocenters. The monoisotopic (exact) mass is 350 g/mol. The Balaban J connectivity index is 1.97. The number of rotatable bonds is 6. The van der Waals surface area contributed by atoms with Gasteiger partial charge >= 0.3 is 0 Å². The van der Waals surface area contributed by atoms with Gasteiger partial charge in [-0.2, -0.15) is 0 Å². The van der Waals surface area contributed by atoms with E-state index in [4.69, 9.17) is 0 Å². The average Bonchev–Trinajstić information content (AvgIpc) is 2.94. The molecule has 0 fully saturated rings. The smallest absolute Gasteiger partial charge is 0.226 e. The Morgan fingerprint density at radius 3 is 2.39 bits per heavy atom. The third kappa shape index (κ3) is 4.59. The number of nitrogens with zero attached hydrogens (tertiary/aromatic N) is 3. The topological polar surface area (TPSA) is 84.8 Å². The van der Waals surface area contributed by atoms with E-state index in [1.54, 1.807) is 5.38 Å². The summed E-state index contributed by atoms with van der Waals surface area (Å²) in [6.07, 6.45) is 2.83. The van der Waals surface area contributed by atoms with Gasteiger partial charge in [-0.1, -0.05) is 11.8 Å². The summed E-state index contributed by atoms with van der Waals surface area (Å²) < 4.78 is 0. The number of aromatic nitrogens is 3. The fourth-order valence-corrected chi connectivity index (χ4v) is 3.30. The van der Waals surface area contributed by atoms with Crippen molar-refractivity contribution < 1.29 is 9.59 Å². The van der Waals surface area contributed by atoms with Gasteiger partial charge in [-0.15, -0.1) is 11.3 Å². The van der Waals surface area contributed by atoms with Crippen LogP contribution in [0.25, 0.3) is 0 Å². The molecule has 0 aliphatic carbocycles. The molecule has 0 unspecified atom stereocenters. The van der Waals surface area contributed by atoms with Crippen LogP contribution in [0.2, 0.25) is 0 Å². The molecule has 2 heterocycles. The molecule has 0 aliphatic heterocycles. The highest BCUT2D eigenvalue weighted by Gasteiger charge is 2.12. The molecular formula is C15H18N4O2S2. The Morgan fingerprint density at radius 2 is 1.87 bits per heavy atom. The first kappa shape index (κ1) is 17.6. The Kier molecular flexibility index (Phi) is 5.84. The molecule has 122 valence electrons. The van der Waals surface area contributed by atoms with Crippen molar-refractivity contribution in [2.45, 2.75) is 38.8 Å². The van der Waals surface area contributed by atoms with E-state index < -0.39 is 0 Å². The van der Waals surface area contributed by atoms with Crippen molar-refractivity contribution >= 4 is 39.9 Å². The molecule has 8 heteroatoms. The molecule has 0 saturated heterocycles. The van der Waals surface area contributed by atoms with Gasteiger partial charge in [0.2, 0.25) is 5.91 Å². The lowest BCUT2D eigenvalue weighted by atomic mass is 10.1. The maximum atomic E-state index is 12.0. The number of carbonyl (C=O) groups excluding carboxylic acids is 2. The number of aryl methyl sites for hydroxylation is 2. The number of thioether (sulfide) groups is 1. The van der Waals surface area contributed by atoms with Gasteiger partial charge in [0.05, 0.1) is 0 Å².